The van der Waals surface area contributed by atoms with Crippen LogP contribution in [-0.4, -0.2) is 96.7 Å². The van der Waals surface area contributed by atoms with Crippen molar-refractivity contribution >= 4 is 39.5 Å². The van der Waals surface area contributed by atoms with Gasteiger partial charge in [0.05, 0.1) is 26.4 Å². The van der Waals surface area contributed by atoms with Crippen LogP contribution in [0.1, 0.15) is 298 Å². The van der Waals surface area contributed by atoms with Gasteiger partial charge in [-0.3, -0.25) is 37.3 Å². The second kappa shape index (κ2) is 54.0. The van der Waals surface area contributed by atoms with Gasteiger partial charge >= 0.3 is 39.5 Å². The third-order valence-electron chi connectivity index (χ3n) is 13.8. The molecule has 0 aromatic carbocycles. The average molecular weight is 1170 g/mol. The first kappa shape index (κ1) is 77.1. The number of esters is 4. The van der Waals surface area contributed by atoms with Crippen molar-refractivity contribution in [3.63, 3.8) is 0 Å². The van der Waals surface area contributed by atoms with Gasteiger partial charge in [0.15, 0.2) is 12.2 Å². The number of rotatable bonds is 60. The molecule has 0 bridgehead atoms. The second-order valence-corrected chi connectivity index (χ2v) is 25.1. The van der Waals surface area contributed by atoms with Crippen LogP contribution in [0.5, 0.6) is 0 Å². The Morgan fingerprint density at radius 2 is 0.582 bits per heavy atom. The Bertz CT molecular complexity index is 1550. The molecule has 0 saturated heterocycles. The zero-order valence-electron chi connectivity index (χ0n) is 50.5. The van der Waals surface area contributed by atoms with E-state index in [1.165, 1.54) is 116 Å². The maximum Gasteiger partial charge on any atom is 0.472 e. The van der Waals surface area contributed by atoms with E-state index in [2.05, 4.69) is 34.6 Å². The summed E-state index contributed by atoms with van der Waals surface area (Å²) in [6.45, 7) is 7.00. The van der Waals surface area contributed by atoms with Crippen LogP contribution in [0.2, 0.25) is 0 Å². The van der Waals surface area contributed by atoms with Crippen molar-refractivity contribution in [2.24, 2.45) is 5.92 Å². The molecule has 3 N–H and O–H groups in total. The first-order valence-electron chi connectivity index (χ1n) is 31.6. The van der Waals surface area contributed by atoms with Gasteiger partial charge in [-0.2, -0.15) is 0 Å². The van der Waals surface area contributed by atoms with Gasteiger partial charge in [0, 0.05) is 25.7 Å². The molecule has 5 atom stereocenters. The van der Waals surface area contributed by atoms with Gasteiger partial charge in [-0.05, 0) is 31.6 Å². The Labute approximate surface area is 479 Å². The molecule has 0 fully saturated rings. The number of hydrogen-bond donors (Lipinski definition) is 3. The van der Waals surface area contributed by atoms with Crippen LogP contribution in [-0.2, 0) is 65.4 Å². The van der Waals surface area contributed by atoms with Crippen molar-refractivity contribution in [2.75, 3.05) is 39.6 Å². The number of carbonyl (C=O) groups is 4. The van der Waals surface area contributed by atoms with Crippen LogP contribution < -0.4 is 0 Å². The number of unbranched alkanes of at least 4 members (excludes halogenated alkanes) is 32. The summed E-state index contributed by atoms with van der Waals surface area (Å²) in [4.78, 5) is 71.5. The van der Waals surface area contributed by atoms with E-state index in [4.69, 9.17) is 37.0 Å². The summed E-state index contributed by atoms with van der Waals surface area (Å²) in [7, 11) is -9.86. The highest BCUT2D eigenvalue weighted by Crippen LogP contribution is 2.45. The molecule has 79 heavy (non-hydrogen) atoms. The lowest BCUT2D eigenvalue weighted by atomic mass is 10.0. The van der Waals surface area contributed by atoms with E-state index < -0.39 is 97.5 Å². The minimum Gasteiger partial charge on any atom is -0.462 e. The molecule has 0 aromatic rings. The van der Waals surface area contributed by atoms with Crippen LogP contribution in [0.25, 0.3) is 0 Å². The van der Waals surface area contributed by atoms with Gasteiger partial charge < -0.3 is 33.8 Å². The van der Waals surface area contributed by atoms with Crippen LogP contribution in [0.3, 0.4) is 0 Å². The van der Waals surface area contributed by atoms with Crippen LogP contribution >= 0.6 is 15.6 Å². The Hall–Kier alpha value is -1.94. The maximum absolute atomic E-state index is 12.9. The first-order chi connectivity index (χ1) is 38.0. The molecule has 468 valence electrons. The van der Waals surface area contributed by atoms with Crippen molar-refractivity contribution in [3.05, 3.63) is 0 Å². The molecule has 2 unspecified atom stereocenters. The third-order valence-corrected chi connectivity index (χ3v) is 15.7. The molecule has 0 heterocycles. The van der Waals surface area contributed by atoms with Crippen LogP contribution in [0, 0.1) is 5.92 Å². The second-order valence-electron chi connectivity index (χ2n) is 22.2. The Balaban J connectivity index is 5.11. The third kappa shape index (κ3) is 55.0. The minimum absolute atomic E-state index is 0.0988. The fraction of sp³-hybridized carbons (Fsp3) is 0.933. The van der Waals surface area contributed by atoms with E-state index in [1.807, 2.05) is 0 Å². The monoisotopic (exact) mass is 1170 g/mol. The summed E-state index contributed by atoms with van der Waals surface area (Å²) in [6.07, 6.45) is 36.9. The number of aliphatic hydroxyl groups excluding tert-OH is 1. The van der Waals surface area contributed by atoms with E-state index in [-0.39, 0.29) is 25.7 Å². The lowest BCUT2D eigenvalue weighted by molar-refractivity contribution is -0.161. The zero-order valence-corrected chi connectivity index (χ0v) is 52.3. The highest BCUT2D eigenvalue weighted by Gasteiger charge is 2.30. The molecule has 0 saturated carbocycles. The first-order valence-corrected chi connectivity index (χ1v) is 34.6. The molecular formula is C60H116O17P2. The molecule has 0 amide bonds. The number of hydrogen-bond acceptors (Lipinski definition) is 15. The number of ether oxygens (including phenoxy) is 4. The Morgan fingerprint density at radius 1 is 0.342 bits per heavy atom. The summed E-state index contributed by atoms with van der Waals surface area (Å²) in [5, 5.41) is 10.5. The summed E-state index contributed by atoms with van der Waals surface area (Å²) < 4.78 is 67.4. The quantitative estimate of drug-likeness (QED) is 0.0222. The van der Waals surface area contributed by atoms with Gasteiger partial charge in [0.1, 0.15) is 19.3 Å². The molecule has 0 radical (unpaired) electrons. The molecule has 0 aromatic heterocycles. The highest BCUT2D eigenvalue weighted by molar-refractivity contribution is 7.47. The predicted octanol–water partition coefficient (Wildman–Crippen LogP) is 16.2. The minimum atomic E-state index is -4.94. The summed E-state index contributed by atoms with van der Waals surface area (Å²) >= 11 is 0. The van der Waals surface area contributed by atoms with Crippen molar-refractivity contribution in [1.82, 2.24) is 0 Å². The molecule has 19 heteroatoms. The summed E-state index contributed by atoms with van der Waals surface area (Å²) in [5.74, 6) is -1.37. The van der Waals surface area contributed by atoms with Crippen molar-refractivity contribution in [1.29, 1.82) is 0 Å². The van der Waals surface area contributed by atoms with E-state index in [1.54, 1.807) is 0 Å². The van der Waals surface area contributed by atoms with Gasteiger partial charge in [0.2, 0.25) is 0 Å². The number of aliphatic hydroxyl groups is 1. The fourth-order valence-electron chi connectivity index (χ4n) is 8.88. The predicted molar refractivity (Wildman–Crippen MR) is 312 cm³/mol. The van der Waals surface area contributed by atoms with Crippen LogP contribution in [0.15, 0.2) is 0 Å². The van der Waals surface area contributed by atoms with Crippen molar-refractivity contribution in [3.8, 4) is 0 Å². The van der Waals surface area contributed by atoms with Crippen molar-refractivity contribution in [2.45, 2.75) is 316 Å². The summed E-state index contributed by atoms with van der Waals surface area (Å²) in [5.41, 5.74) is 0. The molecule has 0 rings (SSSR count). The van der Waals surface area contributed by atoms with Gasteiger partial charge in [0.25, 0.3) is 0 Å². The van der Waals surface area contributed by atoms with E-state index >= 15 is 0 Å². The number of phosphoric acid groups is 2. The topological polar surface area (TPSA) is 237 Å². The van der Waals surface area contributed by atoms with Crippen molar-refractivity contribution < 1.29 is 80.2 Å². The smallest absolute Gasteiger partial charge is 0.462 e. The molecule has 17 nitrogen and oxygen atoms in total. The van der Waals surface area contributed by atoms with Gasteiger partial charge in [-0.25, -0.2) is 9.13 Å². The van der Waals surface area contributed by atoms with E-state index in [0.717, 1.165) is 102 Å². The molecular weight excluding hydrogens is 1050 g/mol. The average Bonchev–Trinajstić information content (AvgIpc) is 3.41. The lowest BCUT2D eigenvalue weighted by Gasteiger charge is -2.21. The molecule has 0 aliphatic carbocycles. The normalized spacial score (nSPS) is 14.3. The largest absolute Gasteiger partial charge is 0.472 e. The highest BCUT2D eigenvalue weighted by atomic mass is 31.2. The van der Waals surface area contributed by atoms with E-state index in [9.17, 15) is 43.2 Å². The standard InChI is InChI=1S/C60H116O17P2/c1-6-9-12-15-16-17-18-20-24-27-30-35-39-44-58(63)71-50-56(77-60(65)46-41-36-31-28-25-22-19-21-23-26-29-34-37-42-53(4)5)52-75-79(68,69)73-48-54(61)47-72-78(66,67)74-51-55(76-59(64)45-40-33-14-11-8-3)49-70-57(62)43-38-32-13-10-7-2/h53-56,61H,6-52H2,1-5H3,(H,66,67)(H,68,69)/t54-,55+,56+/m0/s1. The number of carbonyl (C=O) groups excluding carboxylic acids is 4. The Morgan fingerprint density at radius 3 is 0.861 bits per heavy atom. The zero-order chi connectivity index (χ0) is 58.5. The van der Waals surface area contributed by atoms with Crippen LogP contribution in [0.4, 0.5) is 0 Å². The van der Waals surface area contributed by atoms with Gasteiger partial charge in [-0.1, -0.05) is 247 Å². The number of phosphoric ester groups is 2. The van der Waals surface area contributed by atoms with E-state index in [0.29, 0.717) is 25.7 Å². The fourth-order valence-corrected chi connectivity index (χ4v) is 10.5. The lowest BCUT2D eigenvalue weighted by Crippen LogP contribution is -2.30. The molecule has 0 spiro atoms. The molecule has 0 aliphatic rings. The SMILES string of the molecule is CCCCCCCCCCCCCCCC(=O)OC[C@H](COP(=O)(O)OC[C@@H](O)COP(=O)(O)OC[C@@H](COC(=O)CCCCCCC)OC(=O)CCCCCCC)OC(=O)CCCCCCCCCCCCCCCC(C)C. The Kier molecular flexibility index (Phi) is 52.7. The summed E-state index contributed by atoms with van der Waals surface area (Å²) in [6, 6.07) is 0. The molecule has 0 aliphatic heterocycles. The maximum atomic E-state index is 12.9. The van der Waals surface area contributed by atoms with Gasteiger partial charge in [-0.15, -0.1) is 0 Å².